The SMILES string of the molecule is C=C[C@@H]1C[C@]1(NC(=O)[C@@H]1CCCN1C(=O)[C@@H](NC(=O)OC(CC)CCC)C(C)(C)C)P(=O)(O)Cc1cccc(C(F)(F)F)c1. The Morgan fingerprint density at radius 3 is 2.48 bits per heavy atom. The molecule has 1 aromatic rings. The highest BCUT2D eigenvalue weighted by Gasteiger charge is 2.65. The van der Waals surface area contributed by atoms with Gasteiger partial charge >= 0.3 is 12.3 Å². The van der Waals surface area contributed by atoms with Crippen LogP contribution in [0.25, 0.3) is 0 Å². The lowest BCUT2D eigenvalue weighted by Crippen LogP contribution is -2.58. The highest BCUT2D eigenvalue weighted by atomic mass is 31.2. The highest BCUT2D eigenvalue weighted by molar-refractivity contribution is 7.59. The quantitative estimate of drug-likeness (QED) is 0.184. The Morgan fingerprint density at radius 2 is 1.93 bits per heavy atom. The van der Waals surface area contributed by atoms with E-state index in [0.29, 0.717) is 25.7 Å². The minimum Gasteiger partial charge on any atom is -0.446 e. The first-order chi connectivity index (χ1) is 20.4. The Bertz CT molecular complexity index is 1280. The summed E-state index contributed by atoms with van der Waals surface area (Å²) in [4.78, 5) is 52.9. The zero-order chi connectivity index (χ0) is 33.1. The van der Waals surface area contributed by atoms with E-state index >= 15 is 0 Å². The van der Waals surface area contributed by atoms with Crippen molar-refractivity contribution < 1.29 is 41.8 Å². The number of likely N-dealkylation sites (tertiary alicyclic amines) is 1. The Balaban J connectivity index is 1.79. The molecule has 0 aromatic heterocycles. The van der Waals surface area contributed by atoms with Gasteiger partial charge in [-0.1, -0.05) is 65.3 Å². The Kier molecular flexibility index (Phi) is 11.1. The summed E-state index contributed by atoms with van der Waals surface area (Å²) in [5, 5.41) is 3.80. The molecule has 6 atom stereocenters. The molecule has 13 heteroatoms. The number of ether oxygens (including phenoxy) is 1. The minimum atomic E-state index is -4.62. The summed E-state index contributed by atoms with van der Waals surface area (Å²) in [5.41, 5.74) is -1.66. The van der Waals surface area contributed by atoms with Crippen molar-refractivity contribution in [1.82, 2.24) is 15.5 Å². The second-order valence-electron chi connectivity index (χ2n) is 12.9. The molecule has 3 amide bonds. The van der Waals surface area contributed by atoms with E-state index in [2.05, 4.69) is 17.2 Å². The molecular formula is C31H45F3N3O6P. The van der Waals surface area contributed by atoms with Crippen molar-refractivity contribution in [3.63, 3.8) is 0 Å². The predicted octanol–water partition coefficient (Wildman–Crippen LogP) is 6.20. The van der Waals surface area contributed by atoms with Gasteiger partial charge < -0.3 is 25.2 Å². The van der Waals surface area contributed by atoms with Crippen molar-refractivity contribution >= 4 is 25.3 Å². The molecule has 0 bridgehead atoms. The van der Waals surface area contributed by atoms with Crippen LogP contribution in [0.15, 0.2) is 36.9 Å². The highest BCUT2D eigenvalue weighted by Crippen LogP contribution is 2.70. The number of nitrogens with zero attached hydrogens (tertiary/aromatic N) is 1. The van der Waals surface area contributed by atoms with Gasteiger partial charge in [-0.3, -0.25) is 14.2 Å². The first-order valence-corrected chi connectivity index (χ1v) is 16.9. The summed E-state index contributed by atoms with van der Waals surface area (Å²) in [7, 11) is -4.32. The van der Waals surface area contributed by atoms with Crippen LogP contribution in [0.4, 0.5) is 18.0 Å². The number of carbonyl (C=O) groups is 3. The monoisotopic (exact) mass is 643 g/mol. The average molecular weight is 644 g/mol. The number of benzene rings is 1. The van der Waals surface area contributed by atoms with Crippen LogP contribution in [0.3, 0.4) is 0 Å². The Labute approximate surface area is 257 Å². The third-order valence-electron chi connectivity index (χ3n) is 8.44. The number of amides is 3. The Morgan fingerprint density at radius 1 is 1.25 bits per heavy atom. The predicted molar refractivity (Wildman–Crippen MR) is 161 cm³/mol. The fourth-order valence-electron chi connectivity index (χ4n) is 5.81. The number of rotatable bonds is 12. The van der Waals surface area contributed by atoms with Crippen LogP contribution in [0.1, 0.15) is 84.3 Å². The van der Waals surface area contributed by atoms with E-state index < -0.39 is 71.9 Å². The molecule has 2 unspecified atom stereocenters. The van der Waals surface area contributed by atoms with Crippen LogP contribution in [-0.2, 0) is 31.2 Å². The molecule has 44 heavy (non-hydrogen) atoms. The fourth-order valence-corrected chi connectivity index (χ4v) is 8.17. The van der Waals surface area contributed by atoms with Crippen LogP contribution < -0.4 is 10.6 Å². The standard InChI is InChI=1S/C31H45F3N3O6P/c1-7-12-23(9-3)43-28(40)35-25(29(4,5)6)27(39)37-16-11-15-24(37)26(38)36-30(18-21(30)8-2)44(41,42)19-20-13-10-14-22(17-20)31(32,33)34/h8,10,13-14,17,21,23-25H,2,7,9,11-12,15-16,18-19H2,1,3-6H3,(H,35,40)(H,36,38)(H,41,42)/t21-,23?,24+,25-,30+/m1/s1. The second-order valence-corrected chi connectivity index (χ2v) is 15.4. The molecule has 2 aliphatic rings. The maximum atomic E-state index is 13.8. The maximum absolute atomic E-state index is 13.8. The van der Waals surface area contributed by atoms with Gasteiger partial charge in [0, 0.05) is 12.5 Å². The van der Waals surface area contributed by atoms with Gasteiger partial charge in [-0.15, -0.1) is 6.58 Å². The van der Waals surface area contributed by atoms with E-state index in [1.54, 1.807) is 20.8 Å². The van der Waals surface area contributed by atoms with E-state index in [0.717, 1.165) is 18.6 Å². The van der Waals surface area contributed by atoms with Crippen molar-refractivity contribution in [2.45, 2.75) is 109 Å². The molecule has 0 radical (unpaired) electrons. The van der Waals surface area contributed by atoms with Crippen LogP contribution >= 0.6 is 7.37 Å². The van der Waals surface area contributed by atoms with Crippen molar-refractivity contribution in [3.8, 4) is 0 Å². The van der Waals surface area contributed by atoms with Crippen molar-refractivity contribution in [2.24, 2.45) is 11.3 Å². The van der Waals surface area contributed by atoms with Crippen LogP contribution in [0.5, 0.6) is 0 Å². The van der Waals surface area contributed by atoms with E-state index in [1.807, 2.05) is 13.8 Å². The summed E-state index contributed by atoms with van der Waals surface area (Å²) < 4.78 is 59.0. The van der Waals surface area contributed by atoms with Crippen LogP contribution in [0.2, 0.25) is 0 Å². The number of nitrogens with one attached hydrogen (secondary N) is 2. The fraction of sp³-hybridized carbons (Fsp3) is 0.645. The molecule has 2 fully saturated rings. The zero-order valence-corrected chi connectivity index (χ0v) is 27.0. The molecule has 1 heterocycles. The van der Waals surface area contributed by atoms with Crippen molar-refractivity contribution in [1.29, 1.82) is 0 Å². The number of hydrogen-bond acceptors (Lipinski definition) is 5. The number of alkyl carbamates (subject to hydrolysis) is 1. The smallest absolute Gasteiger partial charge is 0.416 e. The summed E-state index contributed by atoms with van der Waals surface area (Å²) in [6, 6.07) is 2.24. The molecule has 3 rings (SSSR count). The van der Waals surface area contributed by atoms with Crippen molar-refractivity contribution in [3.05, 3.63) is 48.0 Å². The van der Waals surface area contributed by atoms with Crippen molar-refractivity contribution in [2.75, 3.05) is 6.54 Å². The third kappa shape index (κ3) is 8.05. The lowest BCUT2D eigenvalue weighted by atomic mass is 9.85. The van der Waals surface area contributed by atoms with Crippen LogP contribution in [0, 0.1) is 11.3 Å². The topological polar surface area (TPSA) is 125 Å². The second kappa shape index (κ2) is 13.6. The lowest BCUT2D eigenvalue weighted by molar-refractivity contribution is -0.142. The van der Waals surface area contributed by atoms with Crippen LogP contribution in [-0.4, -0.2) is 57.7 Å². The maximum Gasteiger partial charge on any atom is 0.416 e. The molecule has 246 valence electrons. The molecule has 1 saturated carbocycles. The molecule has 1 aliphatic heterocycles. The summed E-state index contributed by atoms with van der Waals surface area (Å²) in [6.45, 7) is 13.2. The summed E-state index contributed by atoms with van der Waals surface area (Å²) in [6.07, 6.45) is -1.75. The molecular weight excluding hydrogens is 598 g/mol. The number of alkyl halides is 3. The molecule has 1 aliphatic carbocycles. The average Bonchev–Trinajstić information content (AvgIpc) is 3.43. The molecule has 0 spiro atoms. The first-order valence-electron chi connectivity index (χ1n) is 15.1. The largest absolute Gasteiger partial charge is 0.446 e. The zero-order valence-electron chi connectivity index (χ0n) is 26.1. The van der Waals surface area contributed by atoms with Gasteiger partial charge in [0.1, 0.15) is 23.5 Å². The molecule has 9 nitrogen and oxygen atoms in total. The van der Waals surface area contributed by atoms with Gasteiger partial charge in [0.2, 0.25) is 19.2 Å². The van der Waals surface area contributed by atoms with Gasteiger partial charge in [-0.05, 0) is 49.1 Å². The number of carbonyl (C=O) groups excluding carboxylic acids is 3. The van der Waals surface area contributed by atoms with Gasteiger partial charge in [0.25, 0.3) is 0 Å². The molecule has 1 saturated heterocycles. The van der Waals surface area contributed by atoms with Gasteiger partial charge in [0.15, 0.2) is 0 Å². The number of hydrogen-bond donors (Lipinski definition) is 3. The lowest BCUT2D eigenvalue weighted by Gasteiger charge is -2.36. The number of halogens is 3. The normalized spacial score (nSPS) is 24.5. The van der Waals surface area contributed by atoms with E-state index in [9.17, 15) is 37.0 Å². The van der Waals surface area contributed by atoms with E-state index in [1.165, 1.54) is 23.1 Å². The van der Waals surface area contributed by atoms with Gasteiger partial charge in [-0.25, -0.2) is 4.79 Å². The van der Waals surface area contributed by atoms with Gasteiger partial charge in [-0.2, -0.15) is 13.2 Å². The summed E-state index contributed by atoms with van der Waals surface area (Å²) in [5.74, 6) is -1.69. The third-order valence-corrected chi connectivity index (χ3v) is 11.1. The Hall–Kier alpha value is -2.85. The minimum absolute atomic E-state index is 0.0156. The van der Waals surface area contributed by atoms with E-state index in [4.69, 9.17) is 4.74 Å². The first kappa shape index (κ1) is 35.6. The van der Waals surface area contributed by atoms with Gasteiger partial charge in [0.05, 0.1) is 11.7 Å². The molecule has 3 N–H and O–H groups in total. The molecule has 1 aromatic carbocycles. The summed E-state index contributed by atoms with van der Waals surface area (Å²) >= 11 is 0. The van der Waals surface area contributed by atoms with E-state index in [-0.39, 0.29) is 24.6 Å².